The average molecular weight is 431 g/mol. The lowest BCUT2D eigenvalue weighted by atomic mass is 10.1. The van der Waals surface area contributed by atoms with Crippen molar-refractivity contribution in [2.75, 3.05) is 5.75 Å². The van der Waals surface area contributed by atoms with Crippen molar-refractivity contribution in [3.8, 4) is 0 Å². The normalized spacial score (nSPS) is 16.0. The van der Waals surface area contributed by atoms with Crippen LogP contribution in [0.5, 0.6) is 0 Å². The Morgan fingerprint density at radius 2 is 1.90 bits per heavy atom. The van der Waals surface area contributed by atoms with Gasteiger partial charge in [0.15, 0.2) is 0 Å². The average Bonchev–Trinajstić information content (AvgIpc) is 3.25. The zero-order valence-corrected chi connectivity index (χ0v) is 18.8. The van der Waals surface area contributed by atoms with Crippen molar-refractivity contribution < 1.29 is 23.9 Å². The second-order valence-electron chi connectivity index (χ2n) is 8.38. The molecule has 1 aliphatic rings. The minimum Gasteiger partial charge on any atom is -0.443 e. The maximum absolute atomic E-state index is 13.1. The number of fused-ring (bicyclic) bond motifs is 1. The number of hydrogen-bond donors (Lipinski definition) is 0. The van der Waals surface area contributed by atoms with Gasteiger partial charge >= 0.3 is 12.2 Å². The molecule has 7 nitrogen and oxygen atoms in total. The van der Waals surface area contributed by atoms with Crippen molar-refractivity contribution in [3.05, 3.63) is 35.5 Å². The molecule has 1 atom stereocenters. The molecule has 1 aliphatic heterocycles. The van der Waals surface area contributed by atoms with Gasteiger partial charge in [0.05, 0.1) is 17.1 Å². The number of aliphatic imine (C=N–C) groups is 1. The molecule has 0 N–H and O–H groups in total. The molecule has 0 bridgehead atoms. The second kappa shape index (κ2) is 9.41. The highest BCUT2D eigenvalue weighted by Gasteiger charge is 2.29. The van der Waals surface area contributed by atoms with Gasteiger partial charge in [-0.2, -0.15) is 9.59 Å². The van der Waals surface area contributed by atoms with E-state index in [4.69, 9.17) is 14.3 Å². The first-order chi connectivity index (χ1) is 14.0. The standard InChI is InChI=1S/C21H26N2O3S.CO2/c1-12(2)16-11-27-19(22-16)18(24)15-10-23(20(25)26-21(4,5)6)17-9-13(3)7-8-14(15)17;2-1-3/h7-10,12,16H,11H2,1-6H3;. The smallest absolute Gasteiger partial charge is 0.419 e. The minimum absolute atomic E-state index is 0.126. The zero-order chi connectivity index (χ0) is 22.6. The number of ketones is 1. The summed E-state index contributed by atoms with van der Waals surface area (Å²) in [7, 11) is 0. The van der Waals surface area contributed by atoms with Crippen LogP contribution >= 0.6 is 11.8 Å². The number of rotatable bonds is 3. The molecule has 0 spiro atoms. The van der Waals surface area contributed by atoms with E-state index in [0.29, 0.717) is 22.0 Å². The Labute approximate surface area is 179 Å². The number of benzene rings is 1. The molecule has 2 heterocycles. The first kappa shape index (κ1) is 23.6. The zero-order valence-electron chi connectivity index (χ0n) is 18.0. The second-order valence-corrected chi connectivity index (χ2v) is 9.39. The van der Waals surface area contributed by atoms with Crippen molar-refractivity contribution >= 4 is 45.7 Å². The van der Waals surface area contributed by atoms with Crippen LogP contribution in [-0.2, 0) is 14.3 Å². The first-order valence-electron chi connectivity index (χ1n) is 9.58. The van der Waals surface area contributed by atoms with Crippen molar-refractivity contribution in [1.82, 2.24) is 4.57 Å². The van der Waals surface area contributed by atoms with Crippen LogP contribution in [0.15, 0.2) is 29.4 Å². The van der Waals surface area contributed by atoms with Gasteiger partial charge in [0.2, 0.25) is 5.78 Å². The van der Waals surface area contributed by atoms with Crippen LogP contribution in [0.3, 0.4) is 0 Å². The highest BCUT2D eigenvalue weighted by molar-refractivity contribution is 8.16. The molecule has 160 valence electrons. The summed E-state index contributed by atoms with van der Waals surface area (Å²) in [6.45, 7) is 11.6. The molecule has 30 heavy (non-hydrogen) atoms. The number of thioether (sulfide) groups is 1. The van der Waals surface area contributed by atoms with E-state index in [2.05, 4.69) is 18.8 Å². The van der Waals surface area contributed by atoms with Gasteiger partial charge in [-0.1, -0.05) is 26.0 Å². The predicted molar refractivity (Wildman–Crippen MR) is 116 cm³/mol. The molecule has 0 saturated carbocycles. The number of aryl methyl sites for hydroxylation is 1. The lowest BCUT2D eigenvalue weighted by Crippen LogP contribution is -2.26. The molecular formula is C22H26N2O5S. The summed E-state index contributed by atoms with van der Waals surface area (Å²) in [6.07, 6.45) is 1.35. The van der Waals surface area contributed by atoms with Crippen molar-refractivity contribution in [2.45, 2.75) is 53.2 Å². The fraction of sp³-hybridized carbons (Fsp3) is 0.455. The van der Waals surface area contributed by atoms with Crippen LogP contribution in [0.25, 0.3) is 10.9 Å². The third-order valence-electron chi connectivity index (χ3n) is 4.43. The molecule has 1 aromatic heterocycles. The topological polar surface area (TPSA) is 94.8 Å². The fourth-order valence-electron chi connectivity index (χ4n) is 2.95. The van der Waals surface area contributed by atoms with E-state index in [1.165, 1.54) is 16.3 Å². The van der Waals surface area contributed by atoms with Crippen LogP contribution in [0, 0.1) is 12.8 Å². The number of Topliss-reactive ketones (excluding diaryl/α,β-unsaturated/α-hetero) is 1. The summed E-state index contributed by atoms with van der Waals surface area (Å²) in [5.41, 5.74) is 1.57. The van der Waals surface area contributed by atoms with E-state index < -0.39 is 11.7 Å². The van der Waals surface area contributed by atoms with Gasteiger partial charge in [0.1, 0.15) is 10.6 Å². The van der Waals surface area contributed by atoms with E-state index in [-0.39, 0.29) is 18.0 Å². The quantitative estimate of drug-likeness (QED) is 0.665. The minimum atomic E-state index is -0.614. The fourth-order valence-corrected chi connectivity index (χ4v) is 4.19. The Balaban J connectivity index is 0.00000101. The molecule has 3 rings (SSSR count). The number of nitrogens with zero attached hydrogens (tertiary/aromatic N) is 2. The Morgan fingerprint density at radius 1 is 1.27 bits per heavy atom. The Morgan fingerprint density at radius 3 is 2.43 bits per heavy atom. The van der Waals surface area contributed by atoms with Gasteiger partial charge in [-0.05, 0) is 45.2 Å². The molecule has 0 fully saturated rings. The molecule has 0 radical (unpaired) electrons. The summed E-state index contributed by atoms with van der Waals surface area (Å²) in [4.78, 5) is 46.7. The number of ether oxygens (including phenoxy) is 1. The summed E-state index contributed by atoms with van der Waals surface area (Å²) in [5.74, 6) is 1.09. The highest BCUT2D eigenvalue weighted by atomic mass is 32.2. The summed E-state index contributed by atoms with van der Waals surface area (Å²) >= 11 is 1.50. The van der Waals surface area contributed by atoms with E-state index >= 15 is 0 Å². The molecule has 1 unspecified atom stereocenters. The maximum atomic E-state index is 13.1. The molecule has 8 heteroatoms. The molecule has 1 aromatic carbocycles. The molecule has 2 aromatic rings. The number of aromatic nitrogens is 1. The third kappa shape index (κ3) is 5.46. The molecule has 0 saturated heterocycles. The Hall–Kier alpha value is -2.70. The van der Waals surface area contributed by atoms with Crippen LogP contribution in [0.2, 0.25) is 0 Å². The van der Waals surface area contributed by atoms with E-state index in [1.54, 1.807) is 6.20 Å². The van der Waals surface area contributed by atoms with Crippen LogP contribution < -0.4 is 0 Å². The number of carbonyl (C=O) groups is 2. The lowest BCUT2D eigenvalue weighted by Gasteiger charge is -2.19. The summed E-state index contributed by atoms with van der Waals surface area (Å²) in [6, 6.07) is 5.89. The SMILES string of the molecule is Cc1ccc2c(C(=O)C3=NC(C(C)C)CS3)cn(C(=O)OC(C)(C)C)c2c1.O=C=O. The molecular weight excluding hydrogens is 404 g/mol. The lowest BCUT2D eigenvalue weighted by molar-refractivity contribution is -0.191. The molecule has 0 aliphatic carbocycles. The van der Waals surface area contributed by atoms with Crippen molar-refractivity contribution in [2.24, 2.45) is 10.9 Å². The van der Waals surface area contributed by atoms with E-state index in [0.717, 1.165) is 16.7 Å². The highest BCUT2D eigenvalue weighted by Crippen LogP contribution is 2.29. The largest absolute Gasteiger partial charge is 0.443 e. The Kier molecular flexibility index (Phi) is 7.39. The van der Waals surface area contributed by atoms with Gasteiger partial charge in [-0.25, -0.2) is 4.79 Å². The van der Waals surface area contributed by atoms with Gasteiger partial charge < -0.3 is 4.74 Å². The summed E-state index contributed by atoms with van der Waals surface area (Å²) < 4.78 is 6.95. The monoisotopic (exact) mass is 430 g/mol. The maximum Gasteiger partial charge on any atom is 0.419 e. The first-order valence-corrected chi connectivity index (χ1v) is 10.6. The van der Waals surface area contributed by atoms with Gasteiger partial charge in [-0.15, -0.1) is 11.8 Å². The molecule has 0 amide bonds. The predicted octanol–water partition coefficient (Wildman–Crippen LogP) is 4.50. The summed E-state index contributed by atoms with van der Waals surface area (Å²) in [5, 5.41) is 1.27. The van der Waals surface area contributed by atoms with Gasteiger partial charge in [0.25, 0.3) is 0 Å². The van der Waals surface area contributed by atoms with Gasteiger partial charge in [-0.3, -0.25) is 14.4 Å². The van der Waals surface area contributed by atoms with E-state index in [1.807, 2.05) is 45.9 Å². The van der Waals surface area contributed by atoms with E-state index in [9.17, 15) is 9.59 Å². The number of hydrogen-bond acceptors (Lipinski definition) is 7. The third-order valence-corrected chi connectivity index (χ3v) is 5.51. The van der Waals surface area contributed by atoms with Crippen LogP contribution in [-0.4, -0.2) is 45.0 Å². The number of carbonyl (C=O) groups excluding carboxylic acids is 4. The van der Waals surface area contributed by atoms with Crippen LogP contribution in [0.1, 0.15) is 50.5 Å². The van der Waals surface area contributed by atoms with Crippen molar-refractivity contribution in [3.63, 3.8) is 0 Å². The van der Waals surface area contributed by atoms with Crippen LogP contribution in [0.4, 0.5) is 4.79 Å². The van der Waals surface area contributed by atoms with Gasteiger partial charge in [0, 0.05) is 17.3 Å². The Bertz CT molecular complexity index is 1020. The van der Waals surface area contributed by atoms with Crippen molar-refractivity contribution in [1.29, 1.82) is 0 Å².